The third-order valence-electron chi connectivity index (χ3n) is 2.49. The Morgan fingerprint density at radius 2 is 1.81 bits per heavy atom. The van der Waals surface area contributed by atoms with Crippen molar-refractivity contribution in [3.63, 3.8) is 0 Å². The standard InChI is InChI=1S/C13H17NO2/c1-3-7-13(16,8-4-2)11-6-5-10(14)9-12(11)15/h3-6,9,15-16H,1-2,7-8,14H2. The van der Waals surface area contributed by atoms with E-state index in [2.05, 4.69) is 13.2 Å². The summed E-state index contributed by atoms with van der Waals surface area (Å²) in [5.41, 5.74) is 5.28. The third-order valence-corrected chi connectivity index (χ3v) is 2.49. The summed E-state index contributed by atoms with van der Waals surface area (Å²) in [5.74, 6) is -0.00815. The highest BCUT2D eigenvalue weighted by atomic mass is 16.3. The molecule has 0 saturated heterocycles. The van der Waals surface area contributed by atoms with Crippen molar-refractivity contribution in [2.75, 3.05) is 5.73 Å². The summed E-state index contributed by atoms with van der Waals surface area (Å²) in [5, 5.41) is 20.2. The molecule has 0 radical (unpaired) electrons. The maximum absolute atomic E-state index is 10.4. The zero-order valence-corrected chi connectivity index (χ0v) is 9.19. The number of aromatic hydroxyl groups is 1. The van der Waals surface area contributed by atoms with E-state index in [1.54, 1.807) is 24.3 Å². The van der Waals surface area contributed by atoms with Gasteiger partial charge in [0.15, 0.2) is 0 Å². The lowest BCUT2D eigenvalue weighted by molar-refractivity contribution is 0.0406. The second-order valence-corrected chi connectivity index (χ2v) is 3.79. The van der Waals surface area contributed by atoms with E-state index in [0.29, 0.717) is 24.1 Å². The molecule has 16 heavy (non-hydrogen) atoms. The molecule has 3 nitrogen and oxygen atoms in total. The Hall–Kier alpha value is -1.74. The van der Waals surface area contributed by atoms with Crippen molar-refractivity contribution >= 4 is 5.69 Å². The van der Waals surface area contributed by atoms with Crippen LogP contribution in [0.3, 0.4) is 0 Å². The number of aliphatic hydroxyl groups is 1. The van der Waals surface area contributed by atoms with Crippen LogP contribution in [0.25, 0.3) is 0 Å². The van der Waals surface area contributed by atoms with Crippen LogP contribution >= 0.6 is 0 Å². The van der Waals surface area contributed by atoms with Gasteiger partial charge in [0.25, 0.3) is 0 Å². The van der Waals surface area contributed by atoms with Gasteiger partial charge >= 0.3 is 0 Å². The Kier molecular flexibility index (Phi) is 3.74. The van der Waals surface area contributed by atoms with Gasteiger partial charge in [-0.3, -0.25) is 0 Å². The van der Waals surface area contributed by atoms with Crippen LogP contribution in [-0.2, 0) is 5.60 Å². The number of rotatable bonds is 5. The second-order valence-electron chi connectivity index (χ2n) is 3.79. The van der Waals surface area contributed by atoms with Gasteiger partial charge in [-0.05, 0) is 18.9 Å². The molecule has 0 heterocycles. The molecule has 86 valence electrons. The Bertz CT molecular complexity index is 389. The predicted octanol–water partition coefficient (Wildman–Crippen LogP) is 2.31. The van der Waals surface area contributed by atoms with Crippen LogP contribution in [0.5, 0.6) is 5.75 Å². The van der Waals surface area contributed by atoms with Gasteiger partial charge in [-0.2, -0.15) is 0 Å². The first kappa shape index (κ1) is 12.3. The fourth-order valence-corrected chi connectivity index (χ4v) is 1.72. The molecule has 0 bridgehead atoms. The Balaban J connectivity index is 3.19. The molecule has 0 unspecified atom stereocenters. The van der Waals surface area contributed by atoms with Gasteiger partial charge in [0, 0.05) is 17.3 Å². The minimum absolute atomic E-state index is 0.00815. The fourth-order valence-electron chi connectivity index (χ4n) is 1.72. The predicted molar refractivity (Wildman–Crippen MR) is 66.0 cm³/mol. The van der Waals surface area contributed by atoms with Crippen molar-refractivity contribution < 1.29 is 10.2 Å². The average Bonchev–Trinajstić information content (AvgIpc) is 2.17. The number of phenols is 1. The number of phenolic OH excluding ortho intramolecular Hbond substituents is 1. The van der Waals surface area contributed by atoms with E-state index < -0.39 is 5.60 Å². The average molecular weight is 219 g/mol. The SMILES string of the molecule is C=CCC(O)(CC=C)c1ccc(N)cc1O. The van der Waals surface area contributed by atoms with E-state index in [-0.39, 0.29) is 5.75 Å². The van der Waals surface area contributed by atoms with Crippen LogP contribution in [-0.4, -0.2) is 10.2 Å². The minimum atomic E-state index is -1.17. The molecule has 0 spiro atoms. The summed E-state index contributed by atoms with van der Waals surface area (Å²) < 4.78 is 0. The molecule has 0 aromatic heterocycles. The molecule has 0 aliphatic heterocycles. The summed E-state index contributed by atoms with van der Waals surface area (Å²) in [6.45, 7) is 7.20. The van der Waals surface area contributed by atoms with Crippen molar-refractivity contribution in [2.45, 2.75) is 18.4 Å². The van der Waals surface area contributed by atoms with E-state index in [1.807, 2.05) is 0 Å². The van der Waals surface area contributed by atoms with Crippen molar-refractivity contribution in [1.29, 1.82) is 0 Å². The maximum Gasteiger partial charge on any atom is 0.123 e. The fraction of sp³-hybridized carbons (Fsp3) is 0.231. The van der Waals surface area contributed by atoms with E-state index >= 15 is 0 Å². The normalized spacial score (nSPS) is 11.1. The van der Waals surface area contributed by atoms with Gasteiger partial charge in [0.05, 0.1) is 5.60 Å². The molecule has 4 N–H and O–H groups in total. The van der Waals surface area contributed by atoms with E-state index in [9.17, 15) is 10.2 Å². The molecule has 0 aliphatic carbocycles. The molecular weight excluding hydrogens is 202 g/mol. The van der Waals surface area contributed by atoms with Gasteiger partial charge in [-0.15, -0.1) is 13.2 Å². The Morgan fingerprint density at radius 1 is 1.25 bits per heavy atom. The van der Waals surface area contributed by atoms with Crippen molar-refractivity contribution in [3.8, 4) is 5.75 Å². The van der Waals surface area contributed by atoms with Crippen LogP contribution in [0.15, 0.2) is 43.5 Å². The summed E-state index contributed by atoms with van der Waals surface area (Å²) in [4.78, 5) is 0. The van der Waals surface area contributed by atoms with Gasteiger partial charge in [-0.1, -0.05) is 18.2 Å². The quantitative estimate of drug-likeness (QED) is 0.526. The molecule has 0 amide bonds. The zero-order valence-electron chi connectivity index (χ0n) is 9.19. The van der Waals surface area contributed by atoms with Crippen LogP contribution in [0.1, 0.15) is 18.4 Å². The lowest BCUT2D eigenvalue weighted by atomic mass is 9.86. The van der Waals surface area contributed by atoms with Crippen molar-refractivity contribution in [3.05, 3.63) is 49.1 Å². The van der Waals surface area contributed by atoms with Crippen LogP contribution in [0.2, 0.25) is 0 Å². The number of nitrogen functional groups attached to an aromatic ring is 1. The summed E-state index contributed by atoms with van der Waals surface area (Å²) in [7, 11) is 0. The first-order valence-corrected chi connectivity index (χ1v) is 5.06. The number of benzene rings is 1. The summed E-state index contributed by atoms with van der Waals surface area (Å²) in [6, 6.07) is 4.69. The number of hydrogen-bond donors (Lipinski definition) is 3. The maximum atomic E-state index is 10.4. The first-order chi connectivity index (χ1) is 7.53. The largest absolute Gasteiger partial charge is 0.507 e. The van der Waals surface area contributed by atoms with Gasteiger partial charge in [0.2, 0.25) is 0 Å². The van der Waals surface area contributed by atoms with Gasteiger partial charge in [0.1, 0.15) is 5.75 Å². The first-order valence-electron chi connectivity index (χ1n) is 5.06. The molecule has 0 saturated carbocycles. The third kappa shape index (κ3) is 2.44. The molecule has 1 aromatic rings. The van der Waals surface area contributed by atoms with Crippen LogP contribution < -0.4 is 5.73 Å². The minimum Gasteiger partial charge on any atom is -0.507 e. The van der Waals surface area contributed by atoms with E-state index in [1.165, 1.54) is 6.07 Å². The molecule has 0 aliphatic rings. The van der Waals surface area contributed by atoms with E-state index in [4.69, 9.17) is 5.73 Å². The molecule has 1 rings (SSSR count). The zero-order chi connectivity index (χ0) is 12.2. The Morgan fingerprint density at radius 3 is 2.25 bits per heavy atom. The van der Waals surface area contributed by atoms with Crippen LogP contribution in [0, 0.1) is 0 Å². The highest BCUT2D eigenvalue weighted by molar-refractivity contribution is 5.50. The van der Waals surface area contributed by atoms with Crippen LogP contribution in [0.4, 0.5) is 5.69 Å². The highest BCUT2D eigenvalue weighted by Crippen LogP contribution is 2.36. The van der Waals surface area contributed by atoms with E-state index in [0.717, 1.165) is 0 Å². The topological polar surface area (TPSA) is 66.5 Å². The van der Waals surface area contributed by atoms with Gasteiger partial charge < -0.3 is 15.9 Å². The monoisotopic (exact) mass is 219 g/mol. The smallest absolute Gasteiger partial charge is 0.123 e. The number of anilines is 1. The highest BCUT2D eigenvalue weighted by Gasteiger charge is 2.29. The van der Waals surface area contributed by atoms with Crippen molar-refractivity contribution in [1.82, 2.24) is 0 Å². The molecular formula is C13H17NO2. The molecule has 3 heteroatoms. The van der Waals surface area contributed by atoms with Crippen molar-refractivity contribution in [2.24, 2.45) is 0 Å². The summed E-state index contributed by atoms with van der Waals surface area (Å²) in [6.07, 6.45) is 3.91. The van der Waals surface area contributed by atoms with Gasteiger partial charge in [-0.25, -0.2) is 0 Å². The molecule has 0 fully saturated rings. The second kappa shape index (κ2) is 4.86. The molecule has 0 atom stereocenters. The lowest BCUT2D eigenvalue weighted by Gasteiger charge is -2.27. The Labute approximate surface area is 95.5 Å². The number of nitrogens with two attached hydrogens (primary N) is 1. The molecule has 1 aromatic carbocycles. The number of hydrogen-bond acceptors (Lipinski definition) is 3. The lowest BCUT2D eigenvalue weighted by Crippen LogP contribution is -2.24. The summed E-state index contributed by atoms with van der Waals surface area (Å²) >= 11 is 0.